The molecule has 0 radical (unpaired) electrons. The molecule has 1 fully saturated rings. The number of nitrogens with one attached hydrogen (secondary N) is 1. The van der Waals surface area contributed by atoms with Crippen molar-refractivity contribution in [3.63, 3.8) is 0 Å². The number of hydrogen-bond acceptors (Lipinski definition) is 5. The van der Waals surface area contributed by atoms with E-state index in [-0.39, 0.29) is 17.0 Å². The van der Waals surface area contributed by atoms with E-state index in [1.807, 2.05) is 11.4 Å². The molecule has 3 N–H and O–H groups in total. The van der Waals surface area contributed by atoms with Gasteiger partial charge in [0.2, 0.25) is 15.9 Å². The molecular weight excluding hydrogens is 373 g/mol. The highest BCUT2D eigenvalue weighted by atomic mass is 32.2. The van der Waals surface area contributed by atoms with Gasteiger partial charge in [0.1, 0.15) is 12.6 Å². The molecule has 1 aromatic rings. The predicted molar refractivity (Wildman–Crippen MR) is 86.5 cm³/mol. The van der Waals surface area contributed by atoms with Crippen molar-refractivity contribution in [3.8, 4) is 6.07 Å². The van der Waals surface area contributed by atoms with Gasteiger partial charge in [-0.25, -0.2) is 13.6 Å². The Morgan fingerprint density at radius 2 is 2.12 bits per heavy atom. The first kappa shape index (κ1) is 20.0. The second-order valence-electron chi connectivity index (χ2n) is 5.95. The van der Waals surface area contributed by atoms with Gasteiger partial charge in [0.15, 0.2) is 0 Å². The van der Waals surface area contributed by atoms with Gasteiger partial charge in [-0.1, -0.05) is 0 Å². The lowest BCUT2D eigenvalue weighted by atomic mass is 9.96. The van der Waals surface area contributed by atoms with Crippen LogP contribution in [-0.2, 0) is 14.8 Å². The lowest BCUT2D eigenvalue weighted by Crippen LogP contribution is -2.45. The van der Waals surface area contributed by atoms with Crippen LogP contribution in [-0.4, -0.2) is 40.1 Å². The van der Waals surface area contributed by atoms with Crippen LogP contribution < -0.4 is 15.4 Å². The van der Waals surface area contributed by atoms with Gasteiger partial charge in [-0.15, -0.1) is 0 Å². The standard InChI is InChI=1S/C15H17F3N4O3S/c16-15(17,18)9-21-14(23)10-2-1-5-22(8-10)13-4-3-12(26(20,24)25)6-11(13)7-19/h3-4,6,10H,1-2,5,8-9H2,(H,21,23)(H2,20,24,25). The fourth-order valence-electron chi connectivity index (χ4n) is 2.80. The third-order valence-corrected chi connectivity index (χ3v) is 4.92. The molecule has 1 aliphatic heterocycles. The minimum absolute atomic E-state index is 0.0628. The van der Waals surface area contributed by atoms with E-state index in [0.717, 1.165) is 6.07 Å². The van der Waals surface area contributed by atoms with E-state index in [0.29, 0.717) is 25.1 Å². The van der Waals surface area contributed by atoms with Crippen molar-refractivity contribution in [2.75, 3.05) is 24.5 Å². The highest BCUT2D eigenvalue weighted by Crippen LogP contribution is 2.28. The molecule has 1 aromatic carbocycles. The molecule has 11 heteroatoms. The van der Waals surface area contributed by atoms with Crippen molar-refractivity contribution in [1.29, 1.82) is 5.26 Å². The van der Waals surface area contributed by atoms with Gasteiger partial charge < -0.3 is 10.2 Å². The van der Waals surface area contributed by atoms with E-state index < -0.39 is 34.6 Å². The van der Waals surface area contributed by atoms with Gasteiger partial charge in [0.05, 0.1) is 22.1 Å². The molecule has 2 rings (SSSR count). The monoisotopic (exact) mass is 390 g/mol. The highest BCUT2D eigenvalue weighted by molar-refractivity contribution is 7.89. The number of hydrogen-bond donors (Lipinski definition) is 2. The van der Waals surface area contributed by atoms with Crippen LogP contribution in [0.5, 0.6) is 0 Å². The molecule has 0 aliphatic carbocycles. The summed E-state index contributed by atoms with van der Waals surface area (Å²) in [6, 6.07) is 5.68. The molecule has 1 heterocycles. The third kappa shape index (κ3) is 5.09. The van der Waals surface area contributed by atoms with Gasteiger partial charge in [-0.3, -0.25) is 4.79 Å². The molecule has 0 bridgehead atoms. The molecular formula is C15H17F3N4O3S. The van der Waals surface area contributed by atoms with Crippen LogP contribution in [0.3, 0.4) is 0 Å². The molecule has 7 nitrogen and oxygen atoms in total. The van der Waals surface area contributed by atoms with E-state index in [9.17, 15) is 31.6 Å². The van der Waals surface area contributed by atoms with Crippen molar-refractivity contribution in [1.82, 2.24) is 5.32 Å². The summed E-state index contributed by atoms with van der Waals surface area (Å²) >= 11 is 0. The number of piperidine rings is 1. The normalized spacial score (nSPS) is 18.3. The lowest BCUT2D eigenvalue weighted by Gasteiger charge is -2.34. The molecule has 0 aromatic heterocycles. The molecule has 26 heavy (non-hydrogen) atoms. The number of benzene rings is 1. The number of rotatable bonds is 4. The van der Waals surface area contributed by atoms with Crippen LogP contribution >= 0.6 is 0 Å². The zero-order valence-electron chi connectivity index (χ0n) is 13.6. The summed E-state index contributed by atoms with van der Waals surface area (Å²) in [4.78, 5) is 13.4. The Kier molecular flexibility index (Phi) is 5.77. The molecule has 1 saturated heterocycles. The summed E-state index contributed by atoms with van der Waals surface area (Å²) in [5.41, 5.74) is 0.473. The zero-order valence-corrected chi connectivity index (χ0v) is 14.4. The number of primary sulfonamides is 1. The summed E-state index contributed by atoms with van der Waals surface area (Å²) < 4.78 is 59.5. The number of anilines is 1. The maximum absolute atomic E-state index is 12.2. The van der Waals surface area contributed by atoms with Gasteiger partial charge in [0, 0.05) is 13.1 Å². The second-order valence-corrected chi connectivity index (χ2v) is 7.52. The minimum atomic E-state index is -4.48. The van der Waals surface area contributed by atoms with E-state index in [2.05, 4.69) is 0 Å². The number of amides is 1. The minimum Gasteiger partial charge on any atom is -0.370 e. The quantitative estimate of drug-likeness (QED) is 0.799. The van der Waals surface area contributed by atoms with Crippen LogP contribution in [0.2, 0.25) is 0 Å². The van der Waals surface area contributed by atoms with Crippen LogP contribution in [0.4, 0.5) is 18.9 Å². The molecule has 0 spiro atoms. The van der Waals surface area contributed by atoms with Gasteiger partial charge in [0.25, 0.3) is 0 Å². The Balaban J connectivity index is 2.17. The van der Waals surface area contributed by atoms with Crippen molar-refractivity contribution in [2.45, 2.75) is 23.9 Å². The second kappa shape index (κ2) is 7.51. The summed E-state index contributed by atoms with van der Waals surface area (Å²) in [5.74, 6) is -1.36. The molecule has 1 atom stereocenters. The Hall–Kier alpha value is -2.32. The summed E-state index contributed by atoms with van der Waals surface area (Å²) in [6.45, 7) is -0.769. The fourth-order valence-corrected chi connectivity index (χ4v) is 3.34. The Bertz CT molecular complexity index is 834. The van der Waals surface area contributed by atoms with Gasteiger partial charge >= 0.3 is 6.18 Å². The third-order valence-electron chi connectivity index (χ3n) is 4.01. The van der Waals surface area contributed by atoms with Crippen molar-refractivity contribution >= 4 is 21.6 Å². The first-order chi connectivity index (χ1) is 12.0. The van der Waals surface area contributed by atoms with Crippen LogP contribution in [0.15, 0.2) is 23.1 Å². The lowest BCUT2D eigenvalue weighted by molar-refractivity contribution is -0.140. The Morgan fingerprint density at radius 3 is 2.69 bits per heavy atom. The maximum atomic E-state index is 12.2. The van der Waals surface area contributed by atoms with E-state index in [1.165, 1.54) is 12.1 Å². The fraction of sp³-hybridized carbons (Fsp3) is 0.467. The number of alkyl halides is 3. The number of halogens is 3. The first-order valence-corrected chi connectivity index (χ1v) is 9.22. The average molecular weight is 390 g/mol. The number of carbonyl (C=O) groups is 1. The topological polar surface area (TPSA) is 116 Å². The smallest absolute Gasteiger partial charge is 0.370 e. The van der Waals surface area contributed by atoms with Crippen LogP contribution in [0.25, 0.3) is 0 Å². The number of carbonyl (C=O) groups excluding carboxylic acids is 1. The highest BCUT2D eigenvalue weighted by Gasteiger charge is 2.32. The number of nitrogens with zero attached hydrogens (tertiary/aromatic N) is 2. The molecule has 142 valence electrons. The van der Waals surface area contributed by atoms with E-state index in [4.69, 9.17) is 5.14 Å². The molecule has 0 saturated carbocycles. The predicted octanol–water partition coefficient (Wildman–Crippen LogP) is 1.10. The largest absolute Gasteiger partial charge is 0.405 e. The van der Waals surface area contributed by atoms with Crippen molar-refractivity contribution < 1.29 is 26.4 Å². The average Bonchev–Trinajstić information content (AvgIpc) is 2.57. The Labute approximate surface area is 148 Å². The first-order valence-electron chi connectivity index (χ1n) is 7.67. The molecule has 1 unspecified atom stereocenters. The van der Waals surface area contributed by atoms with Gasteiger partial charge in [-0.05, 0) is 31.0 Å². The van der Waals surface area contributed by atoms with Crippen molar-refractivity contribution in [3.05, 3.63) is 23.8 Å². The number of sulfonamides is 1. The number of nitriles is 1. The molecule has 1 aliphatic rings. The van der Waals surface area contributed by atoms with Crippen molar-refractivity contribution in [2.24, 2.45) is 11.1 Å². The zero-order chi connectivity index (χ0) is 19.5. The van der Waals surface area contributed by atoms with E-state index >= 15 is 0 Å². The number of nitrogens with two attached hydrogens (primary N) is 1. The van der Waals surface area contributed by atoms with Gasteiger partial charge in [-0.2, -0.15) is 18.4 Å². The van der Waals surface area contributed by atoms with Crippen LogP contribution in [0.1, 0.15) is 18.4 Å². The Morgan fingerprint density at radius 1 is 1.42 bits per heavy atom. The summed E-state index contributed by atoms with van der Waals surface area (Å²) in [6.07, 6.45) is -3.51. The maximum Gasteiger partial charge on any atom is 0.405 e. The summed E-state index contributed by atoms with van der Waals surface area (Å²) in [5, 5.41) is 16.2. The van der Waals surface area contributed by atoms with Crippen LogP contribution in [0, 0.1) is 17.2 Å². The SMILES string of the molecule is N#Cc1cc(S(N)(=O)=O)ccc1N1CCCC(C(=O)NCC(F)(F)F)C1. The molecule has 1 amide bonds. The summed E-state index contributed by atoms with van der Waals surface area (Å²) in [7, 11) is -3.97. The van der Waals surface area contributed by atoms with E-state index in [1.54, 1.807) is 4.90 Å².